The van der Waals surface area contributed by atoms with E-state index in [1.165, 1.54) is 5.69 Å². The van der Waals surface area contributed by atoms with Gasteiger partial charge in [-0.3, -0.25) is 4.79 Å². The summed E-state index contributed by atoms with van der Waals surface area (Å²) in [5.74, 6) is -0.0274. The predicted octanol–water partition coefficient (Wildman–Crippen LogP) is 3.75. The van der Waals surface area contributed by atoms with Crippen molar-refractivity contribution in [2.24, 2.45) is 0 Å². The third kappa shape index (κ3) is 4.49. The summed E-state index contributed by atoms with van der Waals surface area (Å²) >= 11 is 6.05. The first-order valence-electron chi connectivity index (χ1n) is 8.18. The number of hydrogen-bond donors (Lipinski definition) is 1. The molecule has 1 saturated heterocycles. The normalized spacial score (nSPS) is 14.5. The van der Waals surface area contributed by atoms with Crippen molar-refractivity contribution in [1.29, 1.82) is 0 Å². The van der Waals surface area contributed by atoms with E-state index in [9.17, 15) is 4.79 Å². The number of nitrogens with zero attached hydrogens (tertiary/aromatic N) is 1. The first kappa shape index (κ1) is 16.8. The van der Waals surface area contributed by atoms with Gasteiger partial charge in [0.1, 0.15) is 0 Å². The topological polar surface area (TPSA) is 41.6 Å². The molecule has 1 amide bonds. The Kier molecular flexibility index (Phi) is 5.72. The Labute approximate surface area is 147 Å². The average molecular weight is 345 g/mol. The number of nitrogens with one attached hydrogen (secondary N) is 1. The molecule has 5 heteroatoms. The SMILES string of the molecule is O=C(CCc1ccc(N2CCOCC2)cc1)Nc1ccccc1Cl. The van der Waals surface area contributed by atoms with Gasteiger partial charge in [-0.2, -0.15) is 0 Å². The molecule has 24 heavy (non-hydrogen) atoms. The molecule has 0 unspecified atom stereocenters. The maximum absolute atomic E-state index is 12.1. The smallest absolute Gasteiger partial charge is 0.224 e. The van der Waals surface area contributed by atoms with E-state index in [1.807, 2.05) is 12.1 Å². The standard InChI is InChI=1S/C19H21ClN2O2/c20-17-3-1-2-4-18(17)21-19(23)10-7-15-5-8-16(9-6-15)22-11-13-24-14-12-22/h1-6,8-9H,7,10-14H2,(H,21,23). The number of hydrogen-bond acceptors (Lipinski definition) is 3. The molecule has 1 N–H and O–H groups in total. The maximum Gasteiger partial charge on any atom is 0.224 e. The summed E-state index contributed by atoms with van der Waals surface area (Å²) in [6.45, 7) is 3.42. The van der Waals surface area contributed by atoms with Gasteiger partial charge in [-0.15, -0.1) is 0 Å². The first-order chi connectivity index (χ1) is 11.7. The Balaban J connectivity index is 1.51. The minimum Gasteiger partial charge on any atom is -0.378 e. The largest absolute Gasteiger partial charge is 0.378 e. The lowest BCUT2D eigenvalue weighted by Crippen LogP contribution is -2.36. The molecule has 1 aliphatic rings. The van der Waals surface area contributed by atoms with Crippen LogP contribution in [0.4, 0.5) is 11.4 Å². The molecule has 1 heterocycles. The third-order valence-corrected chi connectivity index (χ3v) is 4.43. The van der Waals surface area contributed by atoms with Gasteiger partial charge >= 0.3 is 0 Å². The second-order valence-electron chi connectivity index (χ2n) is 5.79. The van der Waals surface area contributed by atoms with E-state index >= 15 is 0 Å². The molecule has 1 fully saturated rings. The molecule has 2 aromatic rings. The van der Waals surface area contributed by atoms with Gasteiger partial charge in [0.25, 0.3) is 0 Å². The van der Waals surface area contributed by atoms with Crippen molar-refractivity contribution in [3.8, 4) is 0 Å². The average Bonchev–Trinajstić information content (AvgIpc) is 2.63. The highest BCUT2D eigenvalue weighted by atomic mass is 35.5. The fraction of sp³-hybridized carbons (Fsp3) is 0.316. The Bertz CT molecular complexity index is 682. The Morgan fingerprint density at radius 3 is 2.50 bits per heavy atom. The summed E-state index contributed by atoms with van der Waals surface area (Å²) in [5, 5.41) is 3.41. The van der Waals surface area contributed by atoms with Crippen LogP contribution in [-0.2, 0) is 16.0 Å². The zero-order chi connectivity index (χ0) is 16.8. The number of ether oxygens (including phenoxy) is 1. The van der Waals surface area contributed by atoms with Crippen molar-refractivity contribution in [3.63, 3.8) is 0 Å². The zero-order valence-corrected chi connectivity index (χ0v) is 14.3. The number of benzene rings is 2. The number of anilines is 2. The lowest BCUT2D eigenvalue weighted by molar-refractivity contribution is -0.116. The molecule has 0 saturated carbocycles. The molecule has 126 valence electrons. The van der Waals surface area contributed by atoms with E-state index < -0.39 is 0 Å². The van der Waals surface area contributed by atoms with Gasteiger partial charge in [0.15, 0.2) is 0 Å². The number of rotatable bonds is 5. The highest BCUT2D eigenvalue weighted by molar-refractivity contribution is 6.33. The van der Waals surface area contributed by atoms with Gasteiger partial charge in [0, 0.05) is 25.2 Å². The number of para-hydroxylation sites is 1. The van der Waals surface area contributed by atoms with Gasteiger partial charge in [-0.05, 0) is 36.2 Å². The highest BCUT2D eigenvalue weighted by Gasteiger charge is 2.11. The van der Waals surface area contributed by atoms with Crippen LogP contribution in [0.2, 0.25) is 5.02 Å². The third-order valence-electron chi connectivity index (χ3n) is 4.10. The van der Waals surface area contributed by atoms with Gasteiger partial charge in [0.05, 0.1) is 23.9 Å². The molecular formula is C19H21ClN2O2. The van der Waals surface area contributed by atoms with Crippen molar-refractivity contribution < 1.29 is 9.53 Å². The maximum atomic E-state index is 12.1. The molecular weight excluding hydrogens is 324 g/mol. The summed E-state index contributed by atoms with van der Waals surface area (Å²) in [5.41, 5.74) is 3.02. The van der Waals surface area contributed by atoms with Crippen molar-refractivity contribution in [1.82, 2.24) is 0 Å². The summed E-state index contributed by atoms with van der Waals surface area (Å²) in [6.07, 6.45) is 1.14. The molecule has 4 nitrogen and oxygen atoms in total. The van der Waals surface area contributed by atoms with Crippen LogP contribution in [0.5, 0.6) is 0 Å². The van der Waals surface area contributed by atoms with Crippen LogP contribution in [0, 0.1) is 0 Å². The second-order valence-corrected chi connectivity index (χ2v) is 6.20. The Hall–Kier alpha value is -2.04. The predicted molar refractivity (Wildman–Crippen MR) is 97.9 cm³/mol. The van der Waals surface area contributed by atoms with Crippen LogP contribution in [0.25, 0.3) is 0 Å². The van der Waals surface area contributed by atoms with Crippen LogP contribution in [0.3, 0.4) is 0 Å². The second kappa shape index (κ2) is 8.18. The van der Waals surface area contributed by atoms with Crippen LogP contribution >= 0.6 is 11.6 Å². The van der Waals surface area contributed by atoms with Crippen molar-refractivity contribution >= 4 is 28.9 Å². The monoisotopic (exact) mass is 344 g/mol. The number of carbonyl (C=O) groups is 1. The molecule has 0 aromatic heterocycles. The van der Waals surface area contributed by atoms with Crippen LogP contribution in [0.1, 0.15) is 12.0 Å². The fourth-order valence-electron chi connectivity index (χ4n) is 2.73. The van der Waals surface area contributed by atoms with Crippen molar-refractivity contribution in [2.45, 2.75) is 12.8 Å². The van der Waals surface area contributed by atoms with Gasteiger partial charge in [0.2, 0.25) is 5.91 Å². The molecule has 0 spiro atoms. The number of halogens is 1. The zero-order valence-electron chi connectivity index (χ0n) is 13.5. The van der Waals surface area contributed by atoms with Gasteiger partial charge < -0.3 is 15.0 Å². The van der Waals surface area contributed by atoms with E-state index in [4.69, 9.17) is 16.3 Å². The minimum absolute atomic E-state index is 0.0274. The molecule has 2 aromatic carbocycles. The van der Waals surface area contributed by atoms with Gasteiger partial charge in [-0.25, -0.2) is 0 Å². The molecule has 0 radical (unpaired) electrons. The van der Waals surface area contributed by atoms with Crippen LogP contribution in [-0.4, -0.2) is 32.2 Å². The number of aryl methyl sites for hydroxylation is 1. The summed E-state index contributed by atoms with van der Waals surface area (Å²) < 4.78 is 5.37. The molecule has 0 bridgehead atoms. The van der Waals surface area contributed by atoms with Crippen LogP contribution in [0.15, 0.2) is 48.5 Å². The van der Waals surface area contributed by atoms with Gasteiger partial charge in [-0.1, -0.05) is 35.9 Å². The molecule has 1 aliphatic heterocycles. The summed E-state index contributed by atoms with van der Waals surface area (Å²) in [4.78, 5) is 14.4. The molecule has 0 atom stereocenters. The number of carbonyl (C=O) groups excluding carboxylic acids is 1. The highest BCUT2D eigenvalue weighted by Crippen LogP contribution is 2.21. The first-order valence-corrected chi connectivity index (χ1v) is 8.56. The lowest BCUT2D eigenvalue weighted by Gasteiger charge is -2.28. The van der Waals surface area contributed by atoms with Crippen LogP contribution < -0.4 is 10.2 Å². The molecule has 3 rings (SSSR count). The molecule has 0 aliphatic carbocycles. The fourth-order valence-corrected chi connectivity index (χ4v) is 2.91. The van der Waals surface area contributed by atoms with E-state index in [-0.39, 0.29) is 5.91 Å². The summed E-state index contributed by atoms with van der Waals surface area (Å²) in [7, 11) is 0. The number of morpholine rings is 1. The number of amides is 1. The summed E-state index contributed by atoms with van der Waals surface area (Å²) in [6, 6.07) is 15.7. The lowest BCUT2D eigenvalue weighted by atomic mass is 10.1. The van der Waals surface area contributed by atoms with E-state index in [0.29, 0.717) is 23.6 Å². The quantitative estimate of drug-likeness (QED) is 0.898. The van der Waals surface area contributed by atoms with E-state index in [0.717, 1.165) is 31.9 Å². The minimum atomic E-state index is -0.0274. The Morgan fingerprint density at radius 2 is 1.79 bits per heavy atom. The Morgan fingerprint density at radius 1 is 1.08 bits per heavy atom. The van der Waals surface area contributed by atoms with Crippen molar-refractivity contribution in [3.05, 3.63) is 59.1 Å². The van der Waals surface area contributed by atoms with E-state index in [2.05, 4.69) is 34.5 Å². The van der Waals surface area contributed by atoms with Crippen molar-refractivity contribution in [2.75, 3.05) is 36.5 Å². The van der Waals surface area contributed by atoms with E-state index in [1.54, 1.807) is 12.1 Å².